The Hall–Kier alpha value is -1.49. The highest BCUT2D eigenvalue weighted by Crippen LogP contribution is 2.39. The number of hydrogen-bond acceptors (Lipinski definition) is 2. The van der Waals surface area contributed by atoms with Crippen molar-refractivity contribution >= 4 is 5.69 Å². The molecule has 1 aliphatic carbocycles. The molecule has 0 amide bonds. The summed E-state index contributed by atoms with van der Waals surface area (Å²) >= 11 is 0. The maximum atomic E-state index is 9.01. The Balaban J connectivity index is 1.90. The molecule has 18 heavy (non-hydrogen) atoms. The van der Waals surface area contributed by atoms with Crippen molar-refractivity contribution in [2.75, 3.05) is 11.4 Å². The van der Waals surface area contributed by atoms with Crippen LogP contribution in [0.25, 0.3) is 0 Å². The molecule has 1 aliphatic heterocycles. The Morgan fingerprint density at radius 1 is 1.22 bits per heavy atom. The van der Waals surface area contributed by atoms with Crippen LogP contribution in [0.3, 0.4) is 0 Å². The van der Waals surface area contributed by atoms with Gasteiger partial charge in [-0.15, -0.1) is 0 Å². The van der Waals surface area contributed by atoms with E-state index in [2.05, 4.69) is 23.1 Å². The van der Waals surface area contributed by atoms with Gasteiger partial charge in [-0.25, -0.2) is 0 Å². The molecule has 2 nitrogen and oxygen atoms in total. The van der Waals surface area contributed by atoms with Crippen molar-refractivity contribution in [2.24, 2.45) is 5.92 Å². The van der Waals surface area contributed by atoms with Gasteiger partial charge < -0.3 is 4.90 Å². The van der Waals surface area contributed by atoms with Crippen LogP contribution < -0.4 is 4.90 Å². The normalized spacial score (nSPS) is 26.8. The molecule has 1 heterocycles. The molecule has 94 valence electrons. The van der Waals surface area contributed by atoms with Gasteiger partial charge >= 0.3 is 0 Å². The first-order chi connectivity index (χ1) is 8.79. The molecule has 1 aromatic carbocycles. The minimum Gasteiger partial charge on any atom is -0.368 e. The molecule has 2 heteroatoms. The highest BCUT2D eigenvalue weighted by molar-refractivity contribution is 5.54. The van der Waals surface area contributed by atoms with E-state index in [1.165, 1.54) is 44.3 Å². The van der Waals surface area contributed by atoms with Gasteiger partial charge in [0, 0.05) is 18.3 Å². The number of anilines is 1. The molecule has 0 bridgehead atoms. The molecule has 3 rings (SSSR count). The zero-order valence-electron chi connectivity index (χ0n) is 11.0. The number of rotatable bonds is 1. The van der Waals surface area contributed by atoms with E-state index < -0.39 is 0 Å². The van der Waals surface area contributed by atoms with Crippen molar-refractivity contribution in [3.63, 3.8) is 0 Å². The minimum atomic E-state index is 0.756. The zero-order valence-corrected chi connectivity index (χ0v) is 11.0. The molecule has 2 aliphatic rings. The predicted molar refractivity (Wildman–Crippen MR) is 73.6 cm³/mol. The summed E-state index contributed by atoms with van der Waals surface area (Å²) in [6.45, 7) is 3.23. The molecule has 1 aromatic rings. The molecule has 0 spiro atoms. The fraction of sp³-hybridized carbons (Fsp3) is 0.562. The Morgan fingerprint density at radius 2 is 2.06 bits per heavy atom. The van der Waals surface area contributed by atoms with Gasteiger partial charge in [-0.3, -0.25) is 0 Å². The Morgan fingerprint density at radius 3 is 2.83 bits per heavy atom. The number of piperidine rings is 1. The summed E-state index contributed by atoms with van der Waals surface area (Å²) in [6.07, 6.45) is 6.89. The highest BCUT2D eigenvalue weighted by atomic mass is 15.2. The van der Waals surface area contributed by atoms with E-state index in [0.29, 0.717) is 0 Å². The van der Waals surface area contributed by atoms with E-state index in [9.17, 15) is 0 Å². The van der Waals surface area contributed by atoms with Crippen LogP contribution in [0, 0.1) is 24.2 Å². The van der Waals surface area contributed by atoms with E-state index in [0.717, 1.165) is 23.1 Å². The average molecular weight is 240 g/mol. The van der Waals surface area contributed by atoms with Crippen LogP contribution in [0.1, 0.15) is 43.2 Å². The molecule has 1 saturated carbocycles. The van der Waals surface area contributed by atoms with Crippen molar-refractivity contribution in [1.29, 1.82) is 5.26 Å². The Kier molecular flexibility index (Phi) is 2.99. The van der Waals surface area contributed by atoms with Gasteiger partial charge in [0.1, 0.15) is 0 Å². The molecule has 2 unspecified atom stereocenters. The van der Waals surface area contributed by atoms with Gasteiger partial charge in [-0.2, -0.15) is 5.26 Å². The molecule has 2 fully saturated rings. The molecular formula is C16H20N2. The highest BCUT2D eigenvalue weighted by Gasteiger charge is 2.34. The molecule has 0 radical (unpaired) electrons. The van der Waals surface area contributed by atoms with Crippen LogP contribution in [-0.2, 0) is 0 Å². The maximum absolute atomic E-state index is 9.01. The zero-order chi connectivity index (χ0) is 12.5. The summed E-state index contributed by atoms with van der Waals surface area (Å²) in [5.41, 5.74) is 3.23. The average Bonchev–Trinajstić information content (AvgIpc) is 2.86. The van der Waals surface area contributed by atoms with E-state index >= 15 is 0 Å². The van der Waals surface area contributed by atoms with Crippen molar-refractivity contribution in [3.8, 4) is 6.07 Å². The first-order valence-electron chi connectivity index (χ1n) is 7.07. The summed E-state index contributed by atoms with van der Waals surface area (Å²) in [4.78, 5) is 2.59. The van der Waals surface area contributed by atoms with E-state index in [1.54, 1.807) is 0 Å². The molecule has 0 aromatic heterocycles. The van der Waals surface area contributed by atoms with Crippen LogP contribution in [0.15, 0.2) is 18.2 Å². The first kappa shape index (κ1) is 11.6. The van der Waals surface area contributed by atoms with Gasteiger partial charge in [0.2, 0.25) is 0 Å². The second-order valence-electron chi connectivity index (χ2n) is 5.70. The number of aryl methyl sites for hydroxylation is 1. The summed E-state index contributed by atoms with van der Waals surface area (Å²) in [5.74, 6) is 0.912. The lowest BCUT2D eigenvalue weighted by molar-refractivity contribution is 0.362. The van der Waals surface area contributed by atoms with Gasteiger partial charge in [-0.05, 0) is 62.3 Å². The standard InChI is InChI=1S/C16H20N2/c1-12-10-15(8-7-14(12)11-17)18-9-3-5-13-4-2-6-16(13)18/h7-8,10,13,16H,2-6,9H2,1H3. The van der Waals surface area contributed by atoms with E-state index in [4.69, 9.17) is 5.26 Å². The first-order valence-corrected chi connectivity index (χ1v) is 7.07. The quantitative estimate of drug-likeness (QED) is 0.749. The Labute approximate surface area is 109 Å². The SMILES string of the molecule is Cc1cc(N2CCCC3CCCC32)ccc1C#N. The summed E-state index contributed by atoms with van der Waals surface area (Å²) in [7, 11) is 0. The lowest BCUT2D eigenvalue weighted by Crippen LogP contribution is -2.42. The molecule has 0 N–H and O–H groups in total. The van der Waals surface area contributed by atoms with Gasteiger partial charge in [-0.1, -0.05) is 6.42 Å². The van der Waals surface area contributed by atoms with Crippen molar-refractivity contribution in [2.45, 2.75) is 45.1 Å². The maximum Gasteiger partial charge on any atom is 0.0994 e. The van der Waals surface area contributed by atoms with E-state index in [-0.39, 0.29) is 0 Å². The number of nitriles is 1. The third-order valence-electron chi connectivity index (χ3n) is 4.66. The van der Waals surface area contributed by atoms with Gasteiger partial charge in [0.25, 0.3) is 0 Å². The number of benzene rings is 1. The molecule has 1 saturated heterocycles. The summed E-state index contributed by atoms with van der Waals surface area (Å²) < 4.78 is 0. The van der Waals surface area contributed by atoms with Crippen molar-refractivity contribution in [1.82, 2.24) is 0 Å². The second kappa shape index (κ2) is 4.65. The minimum absolute atomic E-state index is 0.756. The monoisotopic (exact) mass is 240 g/mol. The van der Waals surface area contributed by atoms with Crippen LogP contribution in [0.2, 0.25) is 0 Å². The lowest BCUT2D eigenvalue weighted by Gasteiger charge is -2.39. The van der Waals surface area contributed by atoms with Crippen LogP contribution >= 0.6 is 0 Å². The van der Waals surface area contributed by atoms with Crippen molar-refractivity contribution < 1.29 is 0 Å². The van der Waals surface area contributed by atoms with Crippen LogP contribution in [0.5, 0.6) is 0 Å². The fourth-order valence-electron chi connectivity index (χ4n) is 3.73. The number of nitrogens with zero attached hydrogens (tertiary/aromatic N) is 2. The predicted octanol–water partition coefficient (Wildman–Crippen LogP) is 3.64. The Bertz CT molecular complexity index is 486. The van der Waals surface area contributed by atoms with Crippen LogP contribution in [0.4, 0.5) is 5.69 Å². The third-order valence-corrected chi connectivity index (χ3v) is 4.66. The number of fused-ring (bicyclic) bond motifs is 1. The fourth-order valence-corrected chi connectivity index (χ4v) is 3.73. The lowest BCUT2D eigenvalue weighted by atomic mass is 9.91. The van der Waals surface area contributed by atoms with Crippen molar-refractivity contribution in [3.05, 3.63) is 29.3 Å². The van der Waals surface area contributed by atoms with E-state index in [1.807, 2.05) is 13.0 Å². The van der Waals surface area contributed by atoms with Crippen LogP contribution in [-0.4, -0.2) is 12.6 Å². The number of hydrogen-bond donors (Lipinski definition) is 0. The van der Waals surface area contributed by atoms with Gasteiger partial charge in [0.05, 0.1) is 11.6 Å². The molecular weight excluding hydrogens is 220 g/mol. The largest absolute Gasteiger partial charge is 0.368 e. The topological polar surface area (TPSA) is 27.0 Å². The van der Waals surface area contributed by atoms with Gasteiger partial charge in [0.15, 0.2) is 0 Å². The second-order valence-corrected chi connectivity index (χ2v) is 5.70. The smallest absolute Gasteiger partial charge is 0.0994 e. The molecule has 2 atom stereocenters. The summed E-state index contributed by atoms with van der Waals surface area (Å²) in [5, 5.41) is 9.01. The summed E-state index contributed by atoms with van der Waals surface area (Å²) in [6, 6.07) is 9.31. The third kappa shape index (κ3) is 1.88.